The van der Waals surface area contributed by atoms with Crippen molar-refractivity contribution in [1.82, 2.24) is 20.0 Å². The van der Waals surface area contributed by atoms with Crippen molar-refractivity contribution in [3.05, 3.63) is 59.1 Å². The van der Waals surface area contributed by atoms with Crippen LogP contribution in [0.5, 0.6) is 0 Å². The molecule has 0 aliphatic carbocycles. The number of halogens is 4. The molecule has 0 saturated carbocycles. The normalized spacial score (nSPS) is 14.7. The lowest BCUT2D eigenvalue weighted by molar-refractivity contribution is -0.159. The van der Waals surface area contributed by atoms with E-state index in [4.69, 9.17) is 11.6 Å². The minimum Gasteiger partial charge on any atom is -0.353 e. The lowest BCUT2D eigenvalue weighted by Gasteiger charge is -2.35. The lowest BCUT2D eigenvalue weighted by Crippen LogP contribution is -2.49. The Bertz CT molecular complexity index is 1050. The molecule has 3 aromatic rings. The van der Waals surface area contributed by atoms with Gasteiger partial charge in [0.2, 0.25) is 11.7 Å². The maximum atomic E-state index is 12.6. The molecule has 0 atom stereocenters. The van der Waals surface area contributed by atoms with Gasteiger partial charge in [-0.25, -0.2) is 4.98 Å². The highest BCUT2D eigenvalue weighted by atomic mass is 35.5. The molecule has 7 nitrogen and oxygen atoms in total. The minimum absolute atomic E-state index is 0.0443. The molecule has 31 heavy (non-hydrogen) atoms. The van der Waals surface area contributed by atoms with E-state index in [2.05, 4.69) is 19.6 Å². The molecule has 11 heteroatoms. The van der Waals surface area contributed by atoms with E-state index in [-0.39, 0.29) is 11.7 Å². The van der Waals surface area contributed by atoms with Crippen molar-refractivity contribution in [2.75, 3.05) is 31.1 Å². The molecule has 0 unspecified atom stereocenters. The molecule has 0 spiro atoms. The Balaban J connectivity index is 1.34. The number of aromatic nitrogens is 3. The number of amides is 1. The number of alkyl halides is 3. The van der Waals surface area contributed by atoms with Crippen LogP contribution in [0.2, 0.25) is 5.02 Å². The summed E-state index contributed by atoms with van der Waals surface area (Å²) >= 11 is 5.87. The zero-order valence-corrected chi connectivity index (χ0v) is 16.9. The Morgan fingerprint density at radius 3 is 2.35 bits per heavy atom. The van der Waals surface area contributed by atoms with Crippen molar-refractivity contribution in [2.45, 2.75) is 12.6 Å². The minimum atomic E-state index is -4.69. The van der Waals surface area contributed by atoms with E-state index in [1.165, 1.54) is 6.20 Å². The molecule has 2 aromatic heterocycles. The van der Waals surface area contributed by atoms with Crippen molar-refractivity contribution in [3.8, 4) is 11.4 Å². The van der Waals surface area contributed by atoms with Crippen LogP contribution in [0.4, 0.5) is 19.0 Å². The highest BCUT2D eigenvalue weighted by molar-refractivity contribution is 6.30. The number of piperazine rings is 1. The summed E-state index contributed by atoms with van der Waals surface area (Å²) in [7, 11) is 0. The molecule has 1 fully saturated rings. The van der Waals surface area contributed by atoms with Gasteiger partial charge in [-0.1, -0.05) is 28.9 Å². The molecular formula is C20H17ClF3N5O2. The molecule has 162 valence electrons. The zero-order chi connectivity index (χ0) is 22.0. The smallest absolute Gasteiger partial charge is 0.353 e. The maximum absolute atomic E-state index is 12.6. The highest BCUT2D eigenvalue weighted by Gasteiger charge is 2.38. The van der Waals surface area contributed by atoms with Crippen molar-refractivity contribution in [2.24, 2.45) is 0 Å². The first-order valence-electron chi connectivity index (χ1n) is 9.44. The first-order chi connectivity index (χ1) is 14.8. The van der Waals surface area contributed by atoms with Crippen molar-refractivity contribution < 1.29 is 22.5 Å². The quantitative estimate of drug-likeness (QED) is 0.602. The van der Waals surface area contributed by atoms with E-state index in [1.54, 1.807) is 29.2 Å². The standard InChI is InChI=1S/C20H17ClF3N5O2/c21-15-4-1-13(2-5-15)11-17(30)29-9-7-28(8-10-29)16-6-3-14(12-25-16)18-26-19(31-27-18)20(22,23)24/h1-6,12H,7-11H2. The van der Waals surface area contributed by atoms with Gasteiger partial charge in [-0.15, -0.1) is 0 Å². The number of rotatable bonds is 4. The second-order valence-electron chi connectivity index (χ2n) is 7.00. The summed E-state index contributed by atoms with van der Waals surface area (Å²) in [5, 5.41) is 3.98. The first-order valence-corrected chi connectivity index (χ1v) is 9.82. The fourth-order valence-electron chi connectivity index (χ4n) is 3.23. The van der Waals surface area contributed by atoms with Gasteiger partial charge in [-0.05, 0) is 29.8 Å². The van der Waals surface area contributed by atoms with E-state index in [1.807, 2.05) is 17.0 Å². The molecule has 1 aliphatic heterocycles. The molecule has 0 N–H and O–H groups in total. The Morgan fingerprint density at radius 2 is 1.77 bits per heavy atom. The van der Waals surface area contributed by atoms with E-state index >= 15 is 0 Å². The second-order valence-corrected chi connectivity index (χ2v) is 7.43. The number of anilines is 1. The van der Waals surface area contributed by atoms with E-state index in [0.717, 1.165) is 5.56 Å². The van der Waals surface area contributed by atoms with Crippen molar-refractivity contribution in [1.29, 1.82) is 0 Å². The van der Waals surface area contributed by atoms with Crippen LogP contribution in [0.1, 0.15) is 11.5 Å². The SMILES string of the molecule is O=C(Cc1ccc(Cl)cc1)N1CCN(c2ccc(-c3noc(C(F)(F)F)n3)cn2)CC1. The molecule has 4 rings (SSSR count). The second kappa shape index (κ2) is 8.54. The number of carbonyl (C=O) groups excluding carboxylic acids is 1. The summed E-state index contributed by atoms with van der Waals surface area (Å²) in [4.78, 5) is 24.0. The molecule has 1 aliphatic rings. The van der Waals surface area contributed by atoms with Gasteiger partial charge in [0.1, 0.15) is 5.82 Å². The predicted molar refractivity (Wildman–Crippen MR) is 106 cm³/mol. The Hall–Kier alpha value is -3.14. The summed E-state index contributed by atoms with van der Waals surface area (Å²) in [6.45, 7) is 2.30. The molecular weight excluding hydrogens is 435 g/mol. The predicted octanol–water partition coefficient (Wildman–Crippen LogP) is 3.70. The van der Waals surface area contributed by atoms with Crippen LogP contribution in [-0.2, 0) is 17.4 Å². The molecule has 1 amide bonds. The fraction of sp³-hybridized carbons (Fsp3) is 0.300. The molecule has 1 aromatic carbocycles. The Morgan fingerprint density at radius 1 is 1.06 bits per heavy atom. The van der Waals surface area contributed by atoms with Gasteiger partial charge in [0.25, 0.3) is 0 Å². The fourth-order valence-corrected chi connectivity index (χ4v) is 3.36. The van der Waals surface area contributed by atoms with Gasteiger partial charge in [0, 0.05) is 43.0 Å². The molecule has 1 saturated heterocycles. The van der Waals surface area contributed by atoms with Gasteiger partial charge in [0.15, 0.2) is 0 Å². The highest BCUT2D eigenvalue weighted by Crippen LogP contribution is 2.29. The van der Waals surface area contributed by atoms with Crippen LogP contribution in [0.25, 0.3) is 11.4 Å². The number of pyridine rings is 1. The van der Waals surface area contributed by atoms with Gasteiger partial charge in [0.05, 0.1) is 6.42 Å². The molecule has 0 bridgehead atoms. The third-order valence-electron chi connectivity index (χ3n) is 4.90. The van der Waals surface area contributed by atoms with Crippen molar-refractivity contribution >= 4 is 23.3 Å². The molecule has 3 heterocycles. The van der Waals surface area contributed by atoms with E-state index < -0.39 is 12.1 Å². The van der Waals surface area contributed by atoms with Crippen LogP contribution in [0, 0.1) is 0 Å². The third-order valence-corrected chi connectivity index (χ3v) is 5.15. The van der Waals surface area contributed by atoms with Crippen LogP contribution in [0.15, 0.2) is 47.1 Å². The van der Waals surface area contributed by atoms with Crippen LogP contribution in [-0.4, -0.2) is 52.1 Å². The van der Waals surface area contributed by atoms with Crippen LogP contribution >= 0.6 is 11.6 Å². The number of hydrogen-bond donors (Lipinski definition) is 0. The van der Waals surface area contributed by atoms with Crippen molar-refractivity contribution in [3.63, 3.8) is 0 Å². The Labute approximate surface area is 180 Å². The number of nitrogens with zero attached hydrogens (tertiary/aromatic N) is 5. The number of benzene rings is 1. The van der Waals surface area contributed by atoms with E-state index in [0.29, 0.717) is 49.0 Å². The summed E-state index contributed by atoms with van der Waals surface area (Å²) in [5.74, 6) is -0.870. The molecule has 0 radical (unpaired) electrons. The summed E-state index contributed by atoms with van der Waals surface area (Å²) < 4.78 is 42.0. The maximum Gasteiger partial charge on any atom is 0.471 e. The summed E-state index contributed by atoms with van der Waals surface area (Å²) in [6, 6.07) is 10.5. The summed E-state index contributed by atoms with van der Waals surface area (Å²) in [5.41, 5.74) is 1.23. The largest absolute Gasteiger partial charge is 0.471 e. The topological polar surface area (TPSA) is 75.4 Å². The lowest BCUT2D eigenvalue weighted by atomic mass is 10.1. The van der Waals surface area contributed by atoms with Gasteiger partial charge >= 0.3 is 12.1 Å². The van der Waals surface area contributed by atoms with Gasteiger partial charge in [-0.3, -0.25) is 4.79 Å². The summed E-state index contributed by atoms with van der Waals surface area (Å²) in [6.07, 6.45) is -2.98. The van der Waals surface area contributed by atoms with Gasteiger partial charge in [-0.2, -0.15) is 18.2 Å². The zero-order valence-electron chi connectivity index (χ0n) is 16.1. The average molecular weight is 452 g/mol. The third kappa shape index (κ3) is 4.96. The average Bonchev–Trinajstić information content (AvgIpc) is 3.27. The Kier molecular flexibility index (Phi) is 5.81. The number of carbonyl (C=O) groups is 1. The monoisotopic (exact) mass is 451 g/mol. The van der Waals surface area contributed by atoms with Crippen LogP contribution < -0.4 is 4.90 Å². The van der Waals surface area contributed by atoms with Crippen LogP contribution in [0.3, 0.4) is 0 Å². The first kappa shape index (κ1) is 21.1. The number of hydrogen-bond acceptors (Lipinski definition) is 6. The van der Waals surface area contributed by atoms with Gasteiger partial charge < -0.3 is 14.3 Å². The van der Waals surface area contributed by atoms with E-state index in [9.17, 15) is 18.0 Å².